The summed E-state index contributed by atoms with van der Waals surface area (Å²) in [7, 11) is 0. The maximum atomic E-state index is 4.57. The summed E-state index contributed by atoms with van der Waals surface area (Å²) in [5.41, 5.74) is 8.72. The average molecular weight is 456 g/mol. The molecule has 0 saturated carbocycles. The minimum Gasteiger partial charge on any atom is -0.381 e. The van der Waals surface area contributed by atoms with Crippen LogP contribution in [0, 0.1) is 5.92 Å². The molecule has 0 fully saturated rings. The van der Waals surface area contributed by atoms with Crippen molar-refractivity contribution in [1.29, 1.82) is 0 Å². The van der Waals surface area contributed by atoms with Gasteiger partial charge >= 0.3 is 0 Å². The Morgan fingerprint density at radius 3 is 2.36 bits per heavy atom. The lowest BCUT2D eigenvalue weighted by Gasteiger charge is -2.30. The molecular formula is C32H57N. The standard InChI is InChI=1S/C26H41N.C3H6.C2H6.CH4/c1-6-9-10-14-23-16-17-25(24-15-11-13-20(4)18-24)21(5)26(23)27-19-22(8-3)12-7-2;1-3-2;1-2;/h8,17-18,24,27H,5-7,9-16,19H2,1-4H3;3H,1H2,2H3;1-2H3;1H4/b22-8+;;;. The molecule has 1 unspecified atom stereocenters. The van der Waals surface area contributed by atoms with Crippen molar-refractivity contribution in [1.82, 2.24) is 5.32 Å². The molecule has 1 N–H and O–H groups in total. The summed E-state index contributed by atoms with van der Waals surface area (Å²) < 4.78 is 0. The third kappa shape index (κ3) is 12.3. The third-order valence-corrected chi connectivity index (χ3v) is 6.10. The Hall–Kier alpha value is -1.76. The highest BCUT2D eigenvalue weighted by molar-refractivity contribution is 5.53. The molecule has 0 amide bonds. The number of hydrogen-bond acceptors (Lipinski definition) is 1. The Morgan fingerprint density at radius 1 is 1.15 bits per heavy atom. The molecule has 33 heavy (non-hydrogen) atoms. The predicted octanol–water partition coefficient (Wildman–Crippen LogP) is 10.6. The van der Waals surface area contributed by atoms with Crippen LogP contribution < -0.4 is 5.32 Å². The van der Waals surface area contributed by atoms with Gasteiger partial charge in [-0.1, -0.05) is 96.4 Å². The summed E-state index contributed by atoms with van der Waals surface area (Å²) in [5, 5.41) is 3.81. The van der Waals surface area contributed by atoms with E-state index >= 15 is 0 Å². The zero-order valence-electron chi connectivity index (χ0n) is 22.6. The first-order chi connectivity index (χ1) is 15.5. The van der Waals surface area contributed by atoms with Crippen molar-refractivity contribution < 1.29 is 0 Å². The van der Waals surface area contributed by atoms with Crippen LogP contribution in [0.5, 0.6) is 0 Å². The Bertz CT molecular complexity index is 669. The van der Waals surface area contributed by atoms with Crippen molar-refractivity contribution >= 4 is 0 Å². The average Bonchev–Trinajstić information content (AvgIpc) is 2.80. The summed E-state index contributed by atoms with van der Waals surface area (Å²) in [4.78, 5) is 0. The van der Waals surface area contributed by atoms with Gasteiger partial charge in [-0.3, -0.25) is 0 Å². The van der Waals surface area contributed by atoms with Gasteiger partial charge < -0.3 is 5.32 Å². The molecule has 0 spiro atoms. The molecule has 0 aromatic heterocycles. The van der Waals surface area contributed by atoms with Crippen LogP contribution in [0.15, 0.2) is 71.0 Å². The van der Waals surface area contributed by atoms with E-state index in [9.17, 15) is 0 Å². The number of nitrogens with one attached hydrogen (secondary N) is 1. The number of rotatable bonds is 10. The van der Waals surface area contributed by atoms with Crippen molar-refractivity contribution in [3.63, 3.8) is 0 Å². The highest BCUT2D eigenvalue weighted by Crippen LogP contribution is 2.38. The summed E-state index contributed by atoms with van der Waals surface area (Å²) in [6, 6.07) is 0. The van der Waals surface area contributed by atoms with Crippen LogP contribution in [0.4, 0.5) is 0 Å². The Balaban J connectivity index is 0. The molecule has 0 radical (unpaired) electrons. The molecule has 0 saturated heterocycles. The first-order valence-corrected chi connectivity index (χ1v) is 13.3. The van der Waals surface area contributed by atoms with Crippen LogP contribution in [-0.2, 0) is 0 Å². The highest BCUT2D eigenvalue weighted by atomic mass is 14.9. The normalized spacial score (nSPS) is 18.0. The highest BCUT2D eigenvalue weighted by Gasteiger charge is 2.24. The van der Waals surface area contributed by atoms with E-state index in [1.54, 1.807) is 17.2 Å². The molecule has 0 bridgehead atoms. The Labute approximate surface area is 208 Å². The van der Waals surface area contributed by atoms with Gasteiger partial charge in [-0.15, -0.1) is 6.58 Å². The van der Waals surface area contributed by atoms with Crippen LogP contribution in [0.25, 0.3) is 0 Å². The van der Waals surface area contributed by atoms with Gasteiger partial charge in [-0.05, 0) is 82.4 Å². The van der Waals surface area contributed by atoms with Crippen molar-refractivity contribution in [2.75, 3.05) is 6.54 Å². The van der Waals surface area contributed by atoms with E-state index in [1.165, 1.54) is 80.2 Å². The summed E-state index contributed by atoms with van der Waals surface area (Å²) >= 11 is 0. The summed E-state index contributed by atoms with van der Waals surface area (Å²) in [6.07, 6.45) is 21.5. The molecule has 0 aliphatic heterocycles. The SMILES string of the molecule is C.C=C1C(C2C=C(C)CCC2)=CCC(CCCCC)=C1NC/C(=C/C)CCC.C=CC.CC. The zero-order chi connectivity index (χ0) is 24.4. The molecular weight excluding hydrogens is 398 g/mol. The lowest BCUT2D eigenvalue weighted by molar-refractivity contribution is 0.585. The van der Waals surface area contributed by atoms with Gasteiger partial charge in [0.2, 0.25) is 0 Å². The molecule has 2 rings (SSSR count). The zero-order valence-corrected chi connectivity index (χ0v) is 22.6. The van der Waals surface area contributed by atoms with Crippen LogP contribution in [-0.4, -0.2) is 6.54 Å². The molecule has 0 aromatic carbocycles. The van der Waals surface area contributed by atoms with Gasteiger partial charge in [0, 0.05) is 18.2 Å². The molecule has 2 aliphatic carbocycles. The van der Waals surface area contributed by atoms with Crippen molar-refractivity contribution in [3.05, 3.63) is 71.0 Å². The van der Waals surface area contributed by atoms with Gasteiger partial charge in [0.05, 0.1) is 0 Å². The minimum atomic E-state index is 0. The van der Waals surface area contributed by atoms with Gasteiger partial charge in [-0.2, -0.15) is 0 Å². The molecule has 1 atom stereocenters. The number of unbranched alkanes of at least 4 members (excludes halogenated alkanes) is 2. The van der Waals surface area contributed by atoms with E-state index in [0.29, 0.717) is 5.92 Å². The van der Waals surface area contributed by atoms with E-state index in [4.69, 9.17) is 0 Å². The molecule has 0 heterocycles. The fraction of sp³-hybridized carbons (Fsp3) is 0.625. The topological polar surface area (TPSA) is 12.0 Å². The monoisotopic (exact) mass is 455 g/mol. The van der Waals surface area contributed by atoms with Gasteiger partial charge in [0.15, 0.2) is 0 Å². The first kappa shape index (κ1) is 33.4. The lowest BCUT2D eigenvalue weighted by atomic mass is 9.78. The van der Waals surface area contributed by atoms with E-state index in [1.807, 2.05) is 20.8 Å². The second kappa shape index (κ2) is 20.8. The molecule has 190 valence electrons. The minimum absolute atomic E-state index is 0. The van der Waals surface area contributed by atoms with E-state index in [0.717, 1.165) is 13.0 Å². The first-order valence-electron chi connectivity index (χ1n) is 13.3. The second-order valence-electron chi connectivity index (χ2n) is 8.75. The van der Waals surface area contributed by atoms with Crippen LogP contribution in [0.1, 0.15) is 120 Å². The lowest BCUT2D eigenvalue weighted by Crippen LogP contribution is -2.24. The van der Waals surface area contributed by atoms with E-state index in [2.05, 4.69) is 64.4 Å². The number of hydrogen-bond donors (Lipinski definition) is 1. The van der Waals surface area contributed by atoms with E-state index in [-0.39, 0.29) is 7.43 Å². The molecule has 1 nitrogen and oxygen atoms in total. The van der Waals surface area contributed by atoms with Gasteiger partial charge in [0.25, 0.3) is 0 Å². The van der Waals surface area contributed by atoms with Crippen LogP contribution >= 0.6 is 0 Å². The fourth-order valence-electron chi connectivity index (χ4n) is 4.45. The van der Waals surface area contributed by atoms with Crippen molar-refractivity contribution in [2.24, 2.45) is 5.92 Å². The third-order valence-electron chi connectivity index (χ3n) is 6.10. The van der Waals surface area contributed by atoms with E-state index < -0.39 is 0 Å². The molecule has 2 aliphatic rings. The smallest absolute Gasteiger partial charge is 0.0408 e. The maximum absolute atomic E-state index is 4.57. The van der Waals surface area contributed by atoms with Crippen molar-refractivity contribution in [2.45, 2.75) is 120 Å². The Kier molecular flexibility index (Phi) is 21.1. The summed E-state index contributed by atoms with van der Waals surface area (Å²) in [6.45, 7) is 23.8. The van der Waals surface area contributed by atoms with Crippen LogP contribution in [0.3, 0.4) is 0 Å². The fourth-order valence-corrected chi connectivity index (χ4v) is 4.45. The predicted molar refractivity (Wildman–Crippen MR) is 155 cm³/mol. The summed E-state index contributed by atoms with van der Waals surface area (Å²) in [5.74, 6) is 0.567. The Morgan fingerprint density at radius 2 is 1.82 bits per heavy atom. The van der Waals surface area contributed by atoms with Crippen molar-refractivity contribution in [3.8, 4) is 0 Å². The maximum Gasteiger partial charge on any atom is 0.0408 e. The van der Waals surface area contributed by atoms with Crippen LogP contribution in [0.2, 0.25) is 0 Å². The largest absolute Gasteiger partial charge is 0.381 e. The van der Waals surface area contributed by atoms with Gasteiger partial charge in [-0.25, -0.2) is 0 Å². The number of allylic oxidation sites excluding steroid dienone is 7. The van der Waals surface area contributed by atoms with Gasteiger partial charge in [0.1, 0.15) is 0 Å². The quantitative estimate of drug-likeness (QED) is 0.255. The molecule has 0 aromatic rings. The second-order valence-corrected chi connectivity index (χ2v) is 8.75. The molecule has 1 heteroatoms.